The van der Waals surface area contributed by atoms with Crippen LogP contribution in [0.2, 0.25) is 0 Å². The Morgan fingerprint density at radius 3 is 2.62 bits per heavy atom. The van der Waals surface area contributed by atoms with Crippen LogP contribution in [-0.2, 0) is 22.9 Å². The molecule has 0 bridgehead atoms. The van der Waals surface area contributed by atoms with Gasteiger partial charge in [-0.1, -0.05) is 6.92 Å². The molecule has 0 aliphatic heterocycles. The largest absolute Gasteiger partial charge is 0.365 e. The Morgan fingerprint density at radius 1 is 1.62 bits per heavy atom. The van der Waals surface area contributed by atoms with E-state index < -0.39 is 0 Å². The molecule has 1 aromatic rings. The summed E-state index contributed by atoms with van der Waals surface area (Å²) in [5.74, 6) is 0. The summed E-state index contributed by atoms with van der Waals surface area (Å²) in [5.41, 5.74) is 1.31. The van der Waals surface area contributed by atoms with Crippen LogP contribution in [0.5, 0.6) is 0 Å². The van der Waals surface area contributed by atoms with E-state index in [0.29, 0.717) is 0 Å². The minimum absolute atomic E-state index is 0. The zero-order valence-electron chi connectivity index (χ0n) is 4.76. The molecule has 1 rings (SSSR count). The molecule has 0 radical (unpaired) electrons. The van der Waals surface area contributed by atoms with Crippen molar-refractivity contribution in [3.8, 4) is 0 Å². The van der Waals surface area contributed by atoms with Crippen LogP contribution in [0, 0.1) is 0 Å². The molecule has 0 aliphatic carbocycles. The summed E-state index contributed by atoms with van der Waals surface area (Å²) in [4.78, 5) is 3.09. The van der Waals surface area contributed by atoms with Crippen LogP contribution in [0.4, 0.5) is 0 Å². The Morgan fingerprint density at radius 2 is 2.38 bits per heavy atom. The molecule has 1 nitrogen and oxygen atoms in total. The predicted molar refractivity (Wildman–Crippen MR) is 30.2 cm³/mol. The van der Waals surface area contributed by atoms with Crippen molar-refractivity contribution in [3.63, 3.8) is 0 Å². The molecule has 48 valence electrons. The Kier molecular flexibility index (Phi) is 3.63. The Bertz CT molecular complexity index is 123. The molecule has 0 aromatic carbocycles. The molecule has 0 saturated carbocycles. The number of hydrogen-bond acceptors (Lipinski definition) is 0. The second-order valence-electron chi connectivity index (χ2n) is 1.55. The van der Waals surface area contributed by atoms with Crippen LogP contribution in [0.15, 0.2) is 18.3 Å². The molecular weight excluding hydrogens is 145 g/mol. The zero-order valence-corrected chi connectivity index (χ0v) is 5.74. The van der Waals surface area contributed by atoms with Gasteiger partial charge in [0.25, 0.3) is 0 Å². The zero-order chi connectivity index (χ0) is 5.11. The molecule has 0 saturated heterocycles. The summed E-state index contributed by atoms with van der Waals surface area (Å²) in [6, 6.07) is 4.10. The standard InChI is InChI=1S/C6H9N.Ni/c1-2-6-4-3-5-7-6;/h3-5,7H,2H2,1H3;. The number of aromatic amines is 1. The summed E-state index contributed by atoms with van der Waals surface area (Å²) in [6.07, 6.45) is 3.05. The minimum atomic E-state index is 0. The number of aromatic nitrogens is 1. The van der Waals surface area contributed by atoms with Crippen LogP contribution >= 0.6 is 0 Å². The van der Waals surface area contributed by atoms with Gasteiger partial charge in [-0.05, 0) is 18.6 Å². The SMILES string of the molecule is CCc1ccc[nH]1.[Ni]. The Balaban J connectivity index is 0.000000490. The van der Waals surface area contributed by atoms with Gasteiger partial charge in [-0.3, -0.25) is 0 Å². The van der Waals surface area contributed by atoms with E-state index in [0.717, 1.165) is 6.42 Å². The summed E-state index contributed by atoms with van der Waals surface area (Å²) < 4.78 is 0. The fourth-order valence-corrected chi connectivity index (χ4v) is 0.587. The molecule has 2 heteroatoms. The molecule has 0 atom stereocenters. The van der Waals surface area contributed by atoms with Crippen molar-refractivity contribution in [1.29, 1.82) is 0 Å². The van der Waals surface area contributed by atoms with E-state index in [-0.39, 0.29) is 16.5 Å². The van der Waals surface area contributed by atoms with Crippen molar-refractivity contribution >= 4 is 0 Å². The maximum atomic E-state index is 3.09. The first kappa shape index (κ1) is 7.77. The van der Waals surface area contributed by atoms with Crippen LogP contribution in [-0.4, -0.2) is 4.98 Å². The van der Waals surface area contributed by atoms with Crippen molar-refractivity contribution in [2.75, 3.05) is 0 Å². The Labute approximate surface area is 59.4 Å². The molecule has 1 N–H and O–H groups in total. The van der Waals surface area contributed by atoms with Gasteiger partial charge in [-0.15, -0.1) is 0 Å². The summed E-state index contributed by atoms with van der Waals surface area (Å²) in [7, 11) is 0. The van der Waals surface area contributed by atoms with Gasteiger partial charge in [0.05, 0.1) is 0 Å². The van der Waals surface area contributed by atoms with E-state index in [1.807, 2.05) is 12.3 Å². The van der Waals surface area contributed by atoms with Crippen molar-refractivity contribution in [1.82, 2.24) is 4.98 Å². The van der Waals surface area contributed by atoms with Crippen molar-refractivity contribution in [2.45, 2.75) is 13.3 Å². The van der Waals surface area contributed by atoms with E-state index in [9.17, 15) is 0 Å². The van der Waals surface area contributed by atoms with E-state index in [1.54, 1.807) is 0 Å². The Hall–Kier alpha value is -0.226. The molecule has 0 unspecified atom stereocenters. The van der Waals surface area contributed by atoms with Gasteiger partial charge in [-0.25, -0.2) is 0 Å². The average molecular weight is 154 g/mol. The molecule has 1 heterocycles. The van der Waals surface area contributed by atoms with Gasteiger partial charge in [-0.2, -0.15) is 0 Å². The van der Waals surface area contributed by atoms with Crippen LogP contribution < -0.4 is 0 Å². The molecule has 0 spiro atoms. The molecule has 8 heavy (non-hydrogen) atoms. The summed E-state index contributed by atoms with van der Waals surface area (Å²) in [6.45, 7) is 2.13. The predicted octanol–water partition coefficient (Wildman–Crippen LogP) is 1.57. The van der Waals surface area contributed by atoms with Gasteiger partial charge in [0.15, 0.2) is 0 Å². The number of hydrogen-bond donors (Lipinski definition) is 1. The second-order valence-corrected chi connectivity index (χ2v) is 1.55. The molecule has 0 amide bonds. The van der Waals surface area contributed by atoms with E-state index in [2.05, 4.69) is 18.0 Å². The molecular formula is C6H9NNi. The van der Waals surface area contributed by atoms with Gasteiger partial charge in [0, 0.05) is 28.4 Å². The van der Waals surface area contributed by atoms with Gasteiger partial charge >= 0.3 is 0 Å². The molecule has 0 fully saturated rings. The van der Waals surface area contributed by atoms with Crippen LogP contribution in [0.25, 0.3) is 0 Å². The van der Waals surface area contributed by atoms with Gasteiger partial charge in [0.1, 0.15) is 0 Å². The third kappa shape index (κ3) is 1.71. The maximum Gasteiger partial charge on any atom is 0.0144 e. The number of H-pyrrole nitrogens is 1. The van der Waals surface area contributed by atoms with Crippen LogP contribution in [0.3, 0.4) is 0 Å². The topological polar surface area (TPSA) is 15.8 Å². The van der Waals surface area contributed by atoms with E-state index in [1.165, 1.54) is 5.69 Å². The quantitative estimate of drug-likeness (QED) is 0.590. The number of nitrogens with one attached hydrogen (secondary N) is 1. The average Bonchev–Trinajstić information content (AvgIpc) is 2.14. The van der Waals surface area contributed by atoms with E-state index in [4.69, 9.17) is 0 Å². The van der Waals surface area contributed by atoms with Gasteiger partial charge < -0.3 is 4.98 Å². The normalized spacial score (nSPS) is 8.12. The smallest absolute Gasteiger partial charge is 0.0144 e. The fourth-order valence-electron chi connectivity index (χ4n) is 0.587. The summed E-state index contributed by atoms with van der Waals surface area (Å²) >= 11 is 0. The van der Waals surface area contributed by atoms with E-state index >= 15 is 0 Å². The molecule has 0 aliphatic rings. The number of rotatable bonds is 1. The first-order chi connectivity index (χ1) is 3.43. The third-order valence-corrected chi connectivity index (χ3v) is 1.04. The summed E-state index contributed by atoms with van der Waals surface area (Å²) in [5, 5.41) is 0. The molecule has 1 aromatic heterocycles. The third-order valence-electron chi connectivity index (χ3n) is 1.04. The van der Waals surface area contributed by atoms with Crippen molar-refractivity contribution in [3.05, 3.63) is 24.0 Å². The monoisotopic (exact) mass is 153 g/mol. The second kappa shape index (κ2) is 3.74. The maximum absolute atomic E-state index is 3.09. The fraction of sp³-hybridized carbons (Fsp3) is 0.333. The minimum Gasteiger partial charge on any atom is -0.365 e. The first-order valence-electron chi connectivity index (χ1n) is 2.55. The first-order valence-corrected chi connectivity index (χ1v) is 2.55. The number of aryl methyl sites for hydroxylation is 1. The van der Waals surface area contributed by atoms with Crippen molar-refractivity contribution in [2.24, 2.45) is 0 Å². The van der Waals surface area contributed by atoms with Crippen LogP contribution in [0.1, 0.15) is 12.6 Å². The van der Waals surface area contributed by atoms with Gasteiger partial charge in [0.2, 0.25) is 0 Å². The van der Waals surface area contributed by atoms with Crippen molar-refractivity contribution < 1.29 is 16.5 Å².